The van der Waals surface area contributed by atoms with Crippen molar-refractivity contribution in [3.05, 3.63) is 124 Å². The number of aromatic nitrogens is 3. The summed E-state index contributed by atoms with van der Waals surface area (Å²) >= 11 is 0. The van der Waals surface area contributed by atoms with Crippen LogP contribution in [0.1, 0.15) is 21.5 Å². The third kappa shape index (κ3) is 7.11. The number of hydrogen-bond acceptors (Lipinski definition) is 7. The standard InChI is InChI=1S/C31H28F2N6O6S/c32-24-15-21-27(26(33)22(24)16-37-31-34-12-13-35-31)39(14-11-19-7-3-1-4-8-19)18-23(28(21)40)29(41)36-17-25(30(42)43)38-46(44,45)20-9-5-2-6-10-20/h1-10,12-13,15,18,25,38H,11,14,16-17H2,(H,36,41)(H,42,43)(H2,34,35,37). The third-order valence-corrected chi connectivity index (χ3v) is 8.61. The summed E-state index contributed by atoms with van der Waals surface area (Å²) in [6.07, 6.45) is 4.47. The lowest BCUT2D eigenvalue weighted by Crippen LogP contribution is -2.48. The van der Waals surface area contributed by atoms with E-state index in [1.807, 2.05) is 35.1 Å². The maximum Gasteiger partial charge on any atom is 0.323 e. The van der Waals surface area contributed by atoms with Gasteiger partial charge >= 0.3 is 5.97 Å². The van der Waals surface area contributed by atoms with E-state index >= 15 is 8.78 Å². The summed E-state index contributed by atoms with van der Waals surface area (Å²) in [5.74, 6) is -4.41. The molecule has 1 atom stereocenters. The number of carbonyl (C=O) groups is 2. The van der Waals surface area contributed by atoms with Crippen molar-refractivity contribution in [2.45, 2.75) is 30.4 Å². The van der Waals surface area contributed by atoms with Gasteiger partial charge in [0.25, 0.3) is 5.91 Å². The number of benzene rings is 3. The zero-order valence-corrected chi connectivity index (χ0v) is 24.9. The molecule has 0 saturated carbocycles. The van der Waals surface area contributed by atoms with Crippen LogP contribution < -0.4 is 20.8 Å². The molecule has 46 heavy (non-hydrogen) atoms. The quantitative estimate of drug-likeness (QED) is 0.129. The van der Waals surface area contributed by atoms with Gasteiger partial charge in [0.05, 0.1) is 15.8 Å². The highest BCUT2D eigenvalue weighted by Crippen LogP contribution is 2.24. The van der Waals surface area contributed by atoms with E-state index in [2.05, 4.69) is 20.6 Å². The number of carbonyl (C=O) groups excluding carboxylic acids is 1. The molecule has 5 aromatic rings. The Bertz CT molecular complexity index is 2040. The van der Waals surface area contributed by atoms with Crippen LogP contribution in [0.25, 0.3) is 10.9 Å². The van der Waals surface area contributed by atoms with E-state index in [0.717, 1.165) is 17.8 Å². The highest BCUT2D eigenvalue weighted by molar-refractivity contribution is 7.89. The number of nitrogens with one attached hydrogen (secondary N) is 4. The second-order valence-electron chi connectivity index (χ2n) is 10.2. The number of aryl methyl sites for hydroxylation is 2. The van der Waals surface area contributed by atoms with Crippen LogP contribution in [0.4, 0.5) is 14.7 Å². The number of fused-ring (bicyclic) bond motifs is 1. The first-order chi connectivity index (χ1) is 22.0. The van der Waals surface area contributed by atoms with E-state index in [0.29, 0.717) is 6.42 Å². The maximum absolute atomic E-state index is 16.0. The fourth-order valence-corrected chi connectivity index (χ4v) is 5.99. The first-order valence-corrected chi connectivity index (χ1v) is 15.4. The summed E-state index contributed by atoms with van der Waals surface area (Å²) in [5, 5.41) is 14.3. The Morgan fingerprint density at radius 2 is 1.74 bits per heavy atom. The Morgan fingerprint density at radius 1 is 1.04 bits per heavy atom. The minimum atomic E-state index is -4.27. The Balaban J connectivity index is 1.47. The number of H-pyrrole nitrogens is 1. The normalized spacial score (nSPS) is 12.1. The summed E-state index contributed by atoms with van der Waals surface area (Å²) in [7, 11) is -4.27. The Labute approximate surface area is 261 Å². The molecule has 1 unspecified atom stereocenters. The van der Waals surface area contributed by atoms with Crippen molar-refractivity contribution < 1.29 is 31.9 Å². The number of rotatable bonds is 13. The zero-order chi connectivity index (χ0) is 32.8. The van der Waals surface area contributed by atoms with Crippen LogP contribution >= 0.6 is 0 Å². The van der Waals surface area contributed by atoms with Crippen LogP contribution in [-0.2, 0) is 34.3 Å². The zero-order valence-electron chi connectivity index (χ0n) is 24.0. The van der Waals surface area contributed by atoms with Gasteiger partial charge in [-0.25, -0.2) is 22.2 Å². The van der Waals surface area contributed by atoms with Crippen molar-refractivity contribution in [3.8, 4) is 0 Å². The van der Waals surface area contributed by atoms with E-state index in [-0.39, 0.29) is 35.0 Å². The molecule has 0 saturated heterocycles. The van der Waals surface area contributed by atoms with Gasteiger partial charge in [0.1, 0.15) is 17.4 Å². The molecular formula is C31H28F2N6O6S. The summed E-state index contributed by atoms with van der Waals surface area (Å²) < 4.78 is 60.0. The lowest BCUT2D eigenvalue weighted by molar-refractivity contribution is -0.138. The summed E-state index contributed by atoms with van der Waals surface area (Å²) in [5.41, 5.74) is -1.23. The number of imidazole rings is 1. The van der Waals surface area contributed by atoms with E-state index < -0.39 is 62.5 Å². The minimum Gasteiger partial charge on any atom is -0.480 e. The van der Waals surface area contributed by atoms with E-state index in [1.54, 1.807) is 6.07 Å². The molecule has 0 fully saturated rings. The second kappa shape index (κ2) is 13.7. The van der Waals surface area contributed by atoms with Gasteiger partial charge in [-0.2, -0.15) is 4.72 Å². The molecule has 0 aliphatic rings. The van der Waals surface area contributed by atoms with Crippen LogP contribution in [0.3, 0.4) is 0 Å². The smallest absolute Gasteiger partial charge is 0.323 e. The third-order valence-electron chi connectivity index (χ3n) is 7.12. The van der Waals surface area contributed by atoms with Crippen molar-refractivity contribution in [1.29, 1.82) is 0 Å². The lowest BCUT2D eigenvalue weighted by atomic mass is 10.0. The van der Waals surface area contributed by atoms with E-state index in [1.165, 1.54) is 41.2 Å². The van der Waals surface area contributed by atoms with Crippen molar-refractivity contribution in [2.75, 3.05) is 11.9 Å². The topological polar surface area (TPSA) is 175 Å². The lowest BCUT2D eigenvalue weighted by Gasteiger charge is -2.18. The average Bonchev–Trinajstić information content (AvgIpc) is 3.57. The summed E-state index contributed by atoms with van der Waals surface area (Å²) in [6.45, 7) is -0.948. The predicted octanol–water partition coefficient (Wildman–Crippen LogP) is 3.02. The van der Waals surface area contributed by atoms with Crippen molar-refractivity contribution in [1.82, 2.24) is 24.6 Å². The maximum atomic E-state index is 16.0. The number of hydrogen-bond donors (Lipinski definition) is 5. The van der Waals surface area contributed by atoms with Crippen molar-refractivity contribution in [3.63, 3.8) is 0 Å². The number of amides is 1. The Kier molecular flexibility index (Phi) is 9.53. The van der Waals surface area contributed by atoms with Gasteiger partial charge in [-0.1, -0.05) is 48.5 Å². The molecular weight excluding hydrogens is 622 g/mol. The van der Waals surface area contributed by atoms with E-state index in [9.17, 15) is 27.9 Å². The van der Waals surface area contributed by atoms with Gasteiger partial charge in [0.2, 0.25) is 15.5 Å². The minimum absolute atomic E-state index is 0.0866. The van der Waals surface area contributed by atoms with Crippen molar-refractivity contribution in [2.24, 2.45) is 0 Å². The average molecular weight is 651 g/mol. The fraction of sp³-hybridized carbons (Fsp3) is 0.161. The summed E-state index contributed by atoms with van der Waals surface area (Å²) in [4.78, 5) is 45.2. The summed E-state index contributed by atoms with van der Waals surface area (Å²) in [6, 6.07) is 15.2. The fourth-order valence-electron chi connectivity index (χ4n) is 4.78. The molecule has 3 aromatic carbocycles. The molecule has 2 heterocycles. The van der Waals surface area contributed by atoms with E-state index in [4.69, 9.17) is 0 Å². The number of nitrogens with zero attached hydrogens (tertiary/aromatic N) is 2. The van der Waals surface area contributed by atoms with Gasteiger partial charge in [-0.05, 0) is 30.2 Å². The predicted molar refractivity (Wildman–Crippen MR) is 165 cm³/mol. The number of halogens is 2. The molecule has 15 heteroatoms. The van der Waals surface area contributed by atoms with Gasteiger partial charge in [0.15, 0.2) is 11.8 Å². The van der Waals surface area contributed by atoms with Crippen LogP contribution in [0.5, 0.6) is 0 Å². The molecule has 0 radical (unpaired) electrons. The number of carboxylic acid groups (broad SMARTS) is 1. The highest BCUT2D eigenvalue weighted by Gasteiger charge is 2.27. The largest absolute Gasteiger partial charge is 0.480 e. The molecule has 0 aliphatic carbocycles. The van der Waals surface area contributed by atoms with Gasteiger partial charge in [-0.15, -0.1) is 0 Å². The SMILES string of the molecule is O=C(NCC(NS(=O)(=O)c1ccccc1)C(=O)O)c1cn(CCc2ccccc2)c2c(F)c(CNc3ncc[nH]3)c(F)cc2c1=O. The van der Waals surface area contributed by atoms with Crippen molar-refractivity contribution >= 4 is 38.8 Å². The Morgan fingerprint density at radius 3 is 2.39 bits per heavy atom. The molecule has 1 amide bonds. The number of pyridine rings is 1. The molecule has 2 aromatic heterocycles. The number of anilines is 1. The van der Waals surface area contributed by atoms with Gasteiger partial charge < -0.3 is 25.3 Å². The Hall–Kier alpha value is -5.41. The molecule has 0 bridgehead atoms. The molecule has 0 spiro atoms. The monoisotopic (exact) mass is 650 g/mol. The molecule has 238 valence electrons. The first-order valence-electron chi connectivity index (χ1n) is 13.9. The molecule has 12 nitrogen and oxygen atoms in total. The number of aliphatic carboxylic acids is 1. The van der Waals surface area contributed by atoms with Crippen LogP contribution in [-0.4, -0.2) is 52.5 Å². The van der Waals surface area contributed by atoms with Crippen LogP contribution in [0.2, 0.25) is 0 Å². The van der Waals surface area contributed by atoms with Gasteiger partial charge in [0, 0.05) is 43.8 Å². The number of sulfonamides is 1. The highest BCUT2D eigenvalue weighted by atomic mass is 32.2. The second-order valence-corrected chi connectivity index (χ2v) is 11.9. The molecule has 5 N–H and O–H groups in total. The number of aromatic amines is 1. The first kappa shape index (κ1) is 32.0. The van der Waals surface area contributed by atoms with Crippen LogP contribution in [0.15, 0.2) is 95.0 Å². The molecule has 0 aliphatic heterocycles. The number of carboxylic acids is 1. The van der Waals surface area contributed by atoms with Gasteiger partial charge in [-0.3, -0.25) is 14.4 Å². The van der Waals surface area contributed by atoms with Crippen LogP contribution in [0, 0.1) is 11.6 Å². The molecule has 5 rings (SSSR count).